The Hall–Kier alpha value is -1.12. The van der Waals surface area contributed by atoms with Gasteiger partial charge in [0.2, 0.25) is 5.91 Å². The van der Waals surface area contributed by atoms with Gasteiger partial charge in [-0.25, -0.2) is 0 Å². The van der Waals surface area contributed by atoms with Crippen LogP contribution >= 0.6 is 0 Å². The Bertz CT molecular complexity index is 1210. The SMILES string of the molecule is [2H]C1([2H])C(C#N)N(C(=O)[C@@H](N)C23C([2H])([2H])C4([2H])C([2H])([2H])C([2H])(C([2H])([2H])C(O)(C4([2H])[2H])C2([2H])[2H])C3([2H])[2H])[C@@H]2[C@H]1C2([2H])[2H]. The number of nitriles is 1. The summed E-state index contributed by atoms with van der Waals surface area (Å²) in [6.45, 7) is 0. The first-order chi connectivity index (χ1) is 17.9. The van der Waals surface area contributed by atoms with Crippen molar-refractivity contribution in [1.82, 2.24) is 4.90 Å². The summed E-state index contributed by atoms with van der Waals surface area (Å²) in [7, 11) is 0. The summed E-state index contributed by atoms with van der Waals surface area (Å²) < 4.78 is 154. The highest BCUT2D eigenvalue weighted by Crippen LogP contribution is 2.63. The van der Waals surface area contributed by atoms with E-state index < -0.39 is 104 Å². The van der Waals surface area contributed by atoms with Crippen LogP contribution in [0.5, 0.6) is 0 Å². The zero-order valence-corrected chi connectivity index (χ0v) is 11.6. The lowest BCUT2D eigenvalue weighted by Gasteiger charge is -2.61. The second kappa shape index (κ2) is 4.29. The van der Waals surface area contributed by atoms with Crippen LogP contribution < -0.4 is 5.73 Å². The average Bonchev–Trinajstić information content (AvgIpc) is 3.27. The molecule has 1 amide bonds. The summed E-state index contributed by atoms with van der Waals surface area (Å²) in [6.07, 6.45) is -30.7. The second-order valence-electron chi connectivity index (χ2n) is 6.03. The van der Waals surface area contributed by atoms with Gasteiger partial charge in [-0.3, -0.25) is 4.79 Å². The fourth-order valence-corrected chi connectivity index (χ4v) is 3.40. The van der Waals surface area contributed by atoms with Gasteiger partial charge in [0, 0.05) is 30.7 Å². The maximum absolute atomic E-state index is 14.0. The normalized spacial score (nSPS) is 89.3. The minimum atomic E-state index is -4.39. The van der Waals surface area contributed by atoms with Crippen molar-refractivity contribution in [1.29, 1.82) is 5.26 Å². The lowest BCUT2D eigenvalue weighted by molar-refractivity contribution is -0.177. The molecule has 0 aromatic rings. The molecule has 23 heavy (non-hydrogen) atoms. The third-order valence-corrected chi connectivity index (χ3v) is 4.47. The molecular weight excluding hydrogens is 290 g/mol. The first-order valence-corrected chi connectivity index (χ1v) is 7.08. The van der Waals surface area contributed by atoms with Gasteiger partial charge < -0.3 is 15.7 Å². The van der Waals surface area contributed by atoms with E-state index in [1.54, 1.807) is 0 Å². The van der Waals surface area contributed by atoms with E-state index in [0.29, 0.717) is 0 Å². The van der Waals surface area contributed by atoms with Crippen molar-refractivity contribution in [3.05, 3.63) is 0 Å². The van der Waals surface area contributed by atoms with Crippen LogP contribution in [0.25, 0.3) is 0 Å². The maximum Gasteiger partial charge on any atom is 0.241 e. The van der Waals surface area contributed by atoms with E-state index in [2.05, 4.69) is 0 Å². The summed E-state index contributed by atoms with van der Waals surface area (Å²) >= 11 is 0. The number of piperidine rings is 1. The van der Waals surface area contributed by atoms with Crippen LogP contribution in [-0.4, -0.2) is 39.6 Å². The third-order valence-electron chi connectivity index (χ3n) is 4.47. The van der Waals surface area contributed by atoms with E-state index in [9.17, 15) is 15.2 Å². The molecule has 3 N–H and O–H groups in total. The molecule has 0 spiro atoms. The van der Waals surface area contributed by atoms with E-state index in [1.165, 1.54) is 6.07 Å². The van der Waals surface area contributed by atoms with Gasteiger partial charge in [-0.05, 0) is 74.1 Å². The molecule has 124 valence electrons. The zero-order valence-electron chi connectivity index (χ0n) is 29.6. The molecule has 6 fully saturated rings. The van der Waals surface area contributed by atoms with Crippen LogP contribution in [0, 0.1) is 34.5 Å². The molecule has 5 saturated carbocycles. The Morgan fingerprint density at radius 1 is 1.35 bits per heavy atom. The van der Waals surface area contributed by atoms with E-state index >= 15 is 0 Å². The summed E-state index contributed by atoms with van der Waals surface area (Å²) in [5.74, 6) is -11.8. The summed E-state index contributed by atoms with van der Waals surface area (Å²) in [4.78, 5) is 14.3. The Labute approximate surface area is 162 Å². The predicted molar refractivity (Wildman–Crippen MR) is 82.8 cm³/mol. The van der Waals surface area contributed by atoms with Crippen molar-refractivity contribution < 1.29 is 34.6 Å². The van der Waals surface area contributed by atoms with Crippen molar-refractivity contribution in [3.8, 4) is 6.07 Å². The standard InChI is InChI=1S/C18H25N3O2/c19-8-13-2-12-3-14(12)21(13)16(22)15(20)17-4-10-1-11(5-17)7-18(23,6-10)9-17/h10-15,23H,1-7,9,20H2/t10?,11?,12-,13?,14+,15-,17?,18?/m1/s1/i1D2,2D2,3D2,4D2,5D2,6D2,7D2,9D2,10D,11D. The highest BCUT2D eigenvalue weighted by molar-refractivity contribution is 5.84. The first-order valence-electron chi connectivity index (χ1n) is 16.1. The number of hydrogen-bond donors (Lipinski definition) is 2. The van der Waals surface area contributed by atoms with E-state index in [-0.39, 0.29) is 4.90 Å². The molecule has 4 bridgehead atoms. The largest absolute Gasteiger partial charge is 0.390 e. The van der Waals surface area contributed by atoms with Crippen LogP contribution in [0.3, 0.4) is 0 Å². The smallest absolute Gasteiger partial charge is 0.241 e. The van der Waals surface area contributed by atoms with Crippen molar-refractivity contribution in [3.63, 3.8) is 0 Å². The molecule has 1 heterocycles. The van der Waals surface area contributed by atoms with E-state index in [1.807, 2.05) is 0 Å². The lowest BCUT2D eigenvalue weighted by atomic mass is 9.46. The van der Waals surface area contributed by atoms with Crippen molar-refractivity contribution >= 4 is 5.91 Å². The Balaban J connectivity index is 1.88. The molecule has 0 aromatic heterocycles. The van der Waals surface area contributed by atoms with Gasteiger partial charge in [0.15, 0.2) is 0 Å². The van der Waals surface area contributed by atoms with Crippen LogP contribution in [0.1, 0.15) is 75.7 Å². The number of aliphatic hydroxyl groups is 1. The zero-order chi connectivity index (χ0) is 32.2. The van der Waals surface area contributed by atoms with E-state index in [0.717, 1.165) is 0 Å². The van der Waals surface area contributed by atoms with Gasteiger partial charge in [0.05, 0.1) is 17.7 Å². The molecule has 5 nitrogen and oxygen atoms in total. The molecule has 5 aliphatic carbocycles. The number of rotatable bonds is 2. The molecular formula is C18H25N3O2. The molecule has 0 aromatic carbocycles. The number of likely N-dealkylation sites (tertiary alicyclic amines) is 1. The Kier molecular flexibility index (Phi) is 0.923. The summed E-state index contributed by atoms with van der Waals surface area (Å²) in [6, 6.07) is -5.46. The van der Waals surface area contributed by atoms with Gasteiger partial charge in [-0.2, -0.15) is 5.26 Å². The topological polar surface area (TPSA) is 90.4 Å². The lowest BCUT2D eigenvalue weighted by Crippen LogP contribution is -2.64. The van der Waals surface area contributed by atoms with Gasteiger partial charge in [0.25, 0.3) is 0 Å². The number of nitrogens with zero attached hydrogens (tertiary/aromatic N) is 2. The fourth-order valence-electron chi connectivity index (χ4n) is 3.40. The van der Waals surface area contributed by atoms with Gasteiger partial charge >= 0.3 is 0 Å². The number of carbonyl (C=O) groups excluding carboxylic acids is 1. The fraction of sp³-hybridized carbons (Fsp3) is 0.889. The minimum Gasteiger partial charge on any atom is -0.390 e. The molecule has 3 unspecified atom stereocenters. The monoisotopic (exact) mass is 333 g/mol. The first kappa shape index (κ1) is 4.95. The quantitative estimate of drug-likeness (QED) is 0.793. The number of amides is 1. The predicted octanol–water partition coefficient (Wildman–Crippen LogP) is 1.16. The van der Waals surface area contributed by atoms with Gasteiger partial charge in [0.1, 0.15) is 6.04 Å². The van der Waals surface area contributed by atoms with Gasteiger partial charge in [-0.1, -0.05) is 0 Å². The Morgan fingerprint density at radius 3 is 2.70 bits per heavy atom. The molecule has 6 aliphatic rings. The van der Waals surface area contributed by atoms with Crippen LogP contribution in [0.2, 0.25) is 0 Å². The highest BCUT2D eigenvalue weighted by Gasteiger charge is 2.62. The van der Waals surface area contributed by atoms with Gasteiger partial charge in [-0.15, -0.1) is 0 Å². The summed E-state index contributed by atoms with van der Waals surface area (Å²) in [5, 5.41) is 21.3. The molecule has 5 heteroatoms. The Morgan fingerprint density at radius 2 is 2.04 bits per heavy atom. The van der Waals surface area contributed by atoms with Crippen molar-refractivity contribution in [2.75, 3.05) is 0 Å². The summed E-state index contributed by atoms with van der Waals surface area (Å²) in [5.41, 5.74) is -2.40. The van der Waals surface area contributed by atoms with Crippen LogP contribution in [0.15, 0.2) is 0 Å². The van der Waals surface area contributed by atoms with Crippen LogP contribution in [0.4, 0.5) is 0 Å². The highest BCUT2D eigenvalue weighted by atomic mass is 16.3. The number of hydrogen-bond acceptors (Lipinski definition) is 4. The molecule has 6 rings (SSSR count). The van der Waals surface area contributed by atoms with E-state index in [4.69, 9.17) is 30.4 Å². The van der Waals surface area contributed by atoms with Crippen molar-refractivity contribution in [2.45, 2.75) is 74.7 Å². The maximum atomic E-state index is 14.0. The molecule has 1 saturated heterocycles. The molecule has 6 atom stereocenters. The average molecular weight is 334 g/mol. The van der Waals surface area contributed by atoms with Crippen LogP contribution in [-0.2, 0) is 4.79 Å². The second-order valence-corrected chi connectivity index (χ2v) is 6.03. The third kappa shape index (κ3) is 1.88. The molecule has 0 radical (unpaired) electrons. The molecule has 1 aliphatic heterocycles. The number of fused-ring (bicyclic) bond motifs is 1. The number of nitrogens with two attached hydrogens (primary N) is 1. The minimum absolute atomic E-state index is 0.255. The van der Waals surface area contributed by atoms with Crippen molar-refractivity contribution in [2.24, 2.45) is 28.9 Å². The number of carbonyl (C=O) groups is 1.